The van der Waals surface area contributed by atoms with Crippen molar-refractivity contribution < 1.29 is 29.3 Å². The number of hydrogen-bond donors (Lipinski definition) is 0. The van der Waals surface area contributed by atoms with Crippen LogP contribution in [0, 0.1) is 0 Å². The minimum Gasteiger partial charge on any atom is -0.543 e. The standard InChI is InChI=1S/C20H25N3O2.C2H2O4/c1-4-22(5-2)14-15-25-20(24)23-18-12-8-6-10-16(18)21(3)17-11-7-9-13-19(17)23;3-1(4)2(5)6/h6-13H,4-5,14-15H2,1-3H3;(H,3,4)(H,5,6)/p-2. The van der Waals surface area contributed by atoms with Gasteiger partial charge < -0.3 is 34.3 Å². The van der Waals surface area contributed by atoms with Crippen molar-refractivity contribution in [3.63, 3.8) is 0 Å². The number of likely N-dealkylation sites (N-methyl/N-ethyl adjacent to an activating group) is 1. The van der Waals surface area contributed by atoms with Gasteiger partial charge in [0.05, 0.1) is 34.7 Å². The van der Waals surface area contributed by atoms with Crippen LogP contribution in [0.3, 0.4) is 0 Å². The lowest BCUT2D eigenvalue weighted by atomic mass is 10.1. The molecule has 166 valence electrons. The van der Waals surface area contributed by atoms with Gasteiger partial charge in [0.25, 0.3) is 0 Å². The van der Waals surface area contributed by atoms with E-state index in [0.717, 1.165) is 42.4 Å². The predicted octanol–water partition coefficient (Wildman–Crippen LogP) is 0.871. The lowest BCUT2D eigenvalue weighted by molar-refractivity contribution is -0.345. The third kappa shape index (κ3) is 5.73. The number of amides is 1. The molecule has 0 bridgehead atoms. The molecule has 0 spiro atoms. The summed E-state index contributed by atoms with van der Waals surface area (Å²) in [5, 5.41) is 17.9. The maximum atomic E-state index is 12.9. The minimum atomic E-state index is -2.19. The number of rotatable bonds is 5. The number of para-hydroxylation sites is 4. The van der Waals surface area contributed by atoms with Crippen LogP contribution in [0.4, 0.5) is 27.5 Å². The third-order valence-corrected chi connectivity index (χ3v) is 4.84. The molecule has 0 radical (unpaired) electrons. The number of nitrogens with zero attached hydrogens (tertiary/aromatic N) is 3. The normalized spacial score (nSPS) is 11.7. The predicted molar refractivity (Wildman–Crippen MR) is 112 cm³/mol. The molecule has 0 N–H and O–H groups in total. The van der Waals surface area contributed by atoms with E-state index in [-0.39, 0.29) is 6.09 Å². The van der Waals surface area contributed by atoms with Crippen molar-refractivity contribution in [2.75, 3.05) is 43.1 Å². The Morgan fingerprint density at radius 3 is 1.65 bits per heavy atom. The van der Waals surface area contributed by atoms with Crippen LogP contribution < -0.4 is 20.0 Å². The summed E-state index contributed by atoms with van der Waals surface area (Å²) < 4.78 is 5.59. The molecule has 31 heavy (non-hydrogen) atoms. The van der Waals surface area contributed by atoms with Gasteiger partial charge in [-0.25, -0.2) is 9.69 Å². The number of benzene rings is 2. The molecular formula is C22H25N3O6-2. The molecule has 9 heteroatoms. The topological polar surface area (TPSA) is 116 Å². The first kappa shape index (κ1) is 23.7. The van der Waals surface area contributed by atoms with Gasteiger partial charge in [-0.3, -0.25) is 0 Å². The summed E-state index contributed by atoms with van der Waals surface area (Å²) in [6.45, 7) is 7.26. The van der Waals surface area contributed by atoms with E-state index in [1.807, 2.05) is 55.6 Å². The zero-order valence-electron chi connectivity index (χ0n) is 17.7. The van der Waals surface area contributed by atoms with E-state index in [0.29, 0.717) is 6.61 Å². The van der Waals surface area contributed by atoms with Crippen LogP contribution in [0.1, 0.15) is 13.8 Å². The average Bonchev–Trinajstić information content (AvgIpc) is 2.77. The molecular weight excluding hydrogens is 402 g/mol. The zero-order valence-corrected chi connectivity index (χ0v) is 17.7. The van der Waals surface area contributed by atoms with E-state index >= 15 is 0 Å². The second-order valence-electron chi connectivity index (χ2n) is 6.59. The van der Waals surface area contributed by atoms with Crippen molar-refractivity contribution in [1.82, 2.24) is 4.90 Å². The van der Waals surface area contributed by atoms with Crippen molar-refractivity contribution in [1.29, 1.82) is 0 Å². The average molecular weight is 427 g/mol. The Morgan fingerprint density at radius 2 is 1.26 bits per heavy atom. The number of hydrogen-bond acceptors (Lipinski definition) is 8. The Hall–Kier alpha value is -3.59. The molecule has 0 unspecified atom stereocenters. The third-order valence-electron chi connectivity index (χ3n) is 4.84. The highest BCUT2D eigenvalue weighted by Crippen LogP contribution is 2.46. The van der Waals surface area contributed by atoms with E-state index in [4.69, 9.17) is 24.5 Å². The van der Waals surface area contributed by atoms with Crippen molar-refractivity contribution >= 4 is 40.8 Å². The summed E-state index contributed by atoms with van der Waals surface area (Å²) in [4.78, 5) is 36.7. The largest absolute Gasteiger partial charge is 0.543 e. The van der Waals surface area contributed by atoms with Gasteiger partial charge in [-0.15, -0.1) is 0 Å². The number of ether oxygens (including phenoxy) is 1. The summed E-state index contributed by atoms with van der Waals surface area (Å²) >= 11 is 0. The molecule has 0 fully saturated rings. The SMILES string of the molecule is CCN(CC)CCOC(=O)N1c2ccccc2N(C)c2ccccc21.O=C([O-])C(=O)[O-]. The summed E-state index contributed by atoms with van der Waals surface area (Å²) in [5.41, 5.74) is 3.66. The summed E-state index contributed by atoms with van der Waals surface area (Å²) in [6, 6.07) is 15.8. The Labute approximate surface area is 181 Å². The molecule has 9 nitrogen and oxygen atoms in total. The zero-order chi connectivity index (χ0) is 23.0. The van der Waals surface area contributed by atoms with Crippen LogP contribution in [0.15, 0.2) is 48.5 Å². The van der Waals surface area contributed by atoms with Gasteiger partial charge in [0, 0.05) is 13.6 Å². The van der Waals surface area contributed by atoms with Crippen LogP contribution in [-0.4, -0.2) is 56.2 Å². The number of fused-ring (bicyclic) bond motifs is 2. The molecule has 0 saturated carbocycles. The fourth-order valence-electron chi connectivity index (χ4n) is 3.20. The monoisotopic (exact) mass is 427 g/mol. The molecule has 0 saturated heterocycles. The molecule has 1 heterocycles. The molecule has 1 amide bonds. The number of carbonyl (C=O) groups is 3. The molecule has 0 aliphatic carbocycles. The van der Waals surface area contributed by atoms with Crippen molar-refractivity contribution in [2.24, 2.45) is 0 Å². The first-order valence-electron chi connectivity index (χ1n) is 9.85. The summed E-state index contributed by atoms with van der Waals surface area (Å²) in [7, 11) is 2.01. The molecule has 3 rings (SSSR count). The van der Waals surface area contributed by atoms with Crippen LogP contribution in [0.25, 0.3) is 0 Å². The fraction of sp³-hybridized carbons (Fsp3) is 0.318. The lowest BCUT2D eigenvalue weighted by Crippen LogP contribution is -2.42. The van der Waals surface area contributed by atoms with Crippen LogP contribution in [-0.2, 0) is 14.3 Å². The Morgan fingerprint density at radius 1 is 0.839 bits per heavy atom. The van der Waals surface area contributed by atoms with Crippen LogP contribution >= 0.6 is 0 Å². The fourth-order valence-corrected chi connectivity index (χ4v) is 3.20. The van der Waals surface area contributed by atoms with Gasteiger partial charge in [0.15, 0.2) is 0 Å². The number of carboxylic acid groups (broad SMARTS) is 2. The molecule has 1 aliphatic heterocycles. The first-order valence-corrected chi connectivity index (χ1v) is 9.85. The number of carbonyl (C=O) groups excluding carboxylic acids is 3. The Kier molecular flexibility index (Phi) is 8.39. The van der Waals surface area contributed by atoms with E-state index in [1.165, 1.54) is 0 Å². The highest BCUT2D eigenvalue weighted by molar-refractivity contribution is 6.25. The van der Waals surface area contributed by atoms with Gasteiger partial charge in [-0.05, 0) is 37.4 Å². The number of anilines is 4. The first-order chi connectivity index (χ1) is 14.8. The van der Waals surface area contributed by atoms with Gasteiger partial charge in [-0.1, -0.05) is 38.1 Å². The summed E-state index contributed by atoms with van der Waals surface area (Å²) in [6.07, 6.45) is -0.333. The van der Waals surface area contributed by atoms with Gasteiger partial charge in [0.1, 0.15) is 6.61 Å². The van der Waals surface area contributed by atoms with E-state index in [2.05, 4.69) is 23.6 Å². The molecule has 1 aliphatic rings. The highest BCUT2D eigenvalue weighted by Gasteiger charge is 2.31. The maximum Gasteiger partial charge on any atom is 0.419 e. The van der Waals surface area contributed by atoms with E-state index < -0.39 is 11.9 Å². The number of carboxylic acids is 2. The molecule has 0 aromatic heterocycles. The molecule has 2 aromatic carbocycles. The van der Waals surface area contributed by atoms with E-state index in [9.17, 15) is 4.79 Å². The van der Waals surface area contributed by atoms with Crippen molar-refractivity contribution in [2.45, 2.75) is 13.8 Å². The smallest absolute Gasteiger partial charge is 0.419 e. The Bertz CT molecular complexity index is 869. The number of aliphatic carboxylic acids is 2. The Balaban J connectivity index is 0.000000501. The maximum absolute atomic E-state index is 12.9. The van der Waals surface area contributed by atoms with Crippen molar-refractivity contribution in [3.8, 4) is 0 Å². The summed E-state index contributed by atoms with van der Waals surface area (Å²) in [5.74, 6) is -4.37. The van der Waals surface area contributed by atoms with E-state index in [1.54, 1.807) is 4.90 Å². The second kappa shape index (κ2) is 11.0. The van der Waals surface area contributed by atoms with Crippen molar-refractivity contribution in [3.05, 3.63) is 48.5 Å². The minimum absolute atomic E-state index is 0.333. The quantitative estimate of drug-likeness (QED) is 0.646. The second-order valence-corrected chi connectivity index (χ2v) is 6.59. The van der Waals surface area contributed by atoms with Gasteiger partial charge in [-0.2, -0.15) is 0 Å². The highest BCUT2D eigenvalue weighted by atomic mass is 16.6. The van der Waals surface area contributed by atoms with Gasteiger partial charge >= 0.3 is 6.09 Å². The van der Waals surface area contributed by atoms with Crippen LogP contribution in [0.2, 0.25) is 0 Å². The van der Waals surface area contributed by atoms with Gasteiger partial charge in [0.2, 0.25) is 0 Å². The lowest BCUT2D eigenvalue weighted by Gasteiger charge is -2.36. The molecule has 0 atom stereocenters. The molecule has 2 aromatic rings. The van der Waals surface area contributed by atoms with Crippen LogP contribution in [0.5, 0.6) is 0 Å².